The van der Waals surface area contributed by atoms with E-state index in [9.17, 15) is 18.0 Å². The summed E-state index contributed by atoms with van der Waals surface area (Å²) >= 11 is 3.20. The Balaban J connectivity index is 1.92. The minimum atomic E-state index is -4.39. The molecule has 2 rings (SSSR count). The average Bonchev–Trinajstić information content (AvgIpc) is 2.94. The number of halogens is 4. The van der Waals surface area contributed by atoms with Crippen LogP contribution in [0.3, 0.4) is 0 Å². The lowest BCUT2D eigenvalue weighted by Gasteiger charge is -2.07. The molecule has 0 saturated carbocycles. The molecule has 0 aromatic carbocycles. The quantitative estimate of drug-likeness (QED) is 0.861. The normalized spacial score (nSPS) is 11.7. The average molecular weight is 382 g/mol. The van der Waals surface area contributed by atoms with Crippen LogP contribution in [-0.4, -0.2) is 38.3 Å². The van der Waals surface area contributed by atoms with Crippen LogP contribution in [0.25, 0.3) is 0 Å². The third kappa shape index (κ3) is 4.56. The Kier molecular flexibility index (Phi) is 4.86. The van der Waals surface area contributed by atoms with Gasteiger partial charge >= 0.3 is 6.18 Å². The van der Waals surface area contributed by atoms with Crippen LogP contribution >= 0.6 is 15.9 Å². The number of anilines is 1. The molecule has 7 nitrogen and oxygen atoms in total. The molecule has 0 aliphatic carbocycles. The van der Waals surface area contributed by atoms with Gasteiger partial charge in [0.2, 0.25) is 0 Å². The first-order valence-corrected chi connectivity index (χ1v) is 6.71. The predicted octanol–water partition coefficient (Wildman–Crippen LogP) is 2.17. The molecule has 1 N–H and O–H groups in total. The zero-order chi connectivity index (χ0) is 16.3. The Morgan fingerprint density at radius 1 is 1.45 bits per heavy atom. The molecule has 0 atom stereocenters. The third-order valence-corrected chi connectivity index (χ3v) is 2.96. The van der Waals surface area contributed by atoms with Crippen LogP contribution in [0.2, 0.25) is 0 Å². The fourth-order valence-corrected chi connectivity index (χ4v) is 2.11. The van der Waals surface area contributed by atoms with E-state index in [-0.39, 0.29) is 12.4 Å². The van der Waals surface area contributed by atoms with Crippen molar-refractivity contribution >= 4 is 27.5 Å². The fourth-order valence-electron chi connectivity index (χ4n) is 1.56. The van der Waals surface area contributed by atoms with E-state index in [4.69, 9.17) is 0 Å². The van der Waals surface area contributed by atoms with Crippen molar-refractivity contribution < 1.29 is 22.7 Å². The van der Waals surface area contributed by atoms with Crippen molar-refractivity contribution in [1.29, 1.82) is 0 Å². The lowest BCUT2D eigenvalue weighted by Crippen LogP contribution is -2.18. The maximum absolute atomic E-state index is 12.0. The molecule has 0 unspecified atom stereocenters. The summed E-state index contributed by atoms with van der Waals surface area (Å²) in [7, 11) is 1.66. The number of carbonyl (C=O) groups excluding carboxylic acids is 1. The second-order valence-corrected chi connectivity index (χ2v) is 5.17. The molecule has 0 radical (unpaired) electrons. The van der Waals surface area contributed by atoms with Crippen molar-refractivity contribution in [3.05, 3.63) is 28.8 Å². The highest BCUT2D eigenvalue weighted by molar-refractivity contribution is 9.10. The van der Waals surface area contributed by atoms with Gasteiger partial charge in [-0.05, 0) is 15.9 Å². The first-order chi connectivity index (χ1) is 10.2. The lowest BCUT2D eigenvalue weighted by atomic mass is 10.4. The summed E-state index contributed by atoms with van der Waals surface area (Å²) in [5, 5.41) is 10.3. The molecule has 0 spiro atoms. The smallest absolute Gasteiger partial charge is 0.350 e. The Morgan fingerprint density at radius 3 is 2.77 bits per heavy atom. The number of alkyl halides is 3. The molecule has 1 amide bonds. The van der Waals surface area contributed by atoms with Gasteiger partial charge in [0.1, 0.15) is 13.3 Å². The summed E-state index contributed by atoms with van der Waals surface area (Å²) in [4.78, 5) is 12.0. The minimum Gasteiger partial charge on any atom is -0.350 e. The third-order valence-electron chi connectivity index (χ3n) is 2.38. The van der Waals surface area contributed by atoms with Gasteiger partial charge in [0, 0.05) is 13.2 Å². The van der Waals surface area contributed by atoms with Gasteiger partial charge in [-0.2, -0.15) is 23.4 Å². The van der Waals surface area contributed by atoms with E-state index >= 15 is 0 Å². The molecule has 0 bridgehead atoms. The summed E-state index contributed by atoms with van der Waals surface area (Å²) in [5.41, 5.74) is 0.502. The zero-order valence-corrected chi connectivity index (χ0v) is 12.8. The van der Waals surface area contributed by atoms with Gasteiger partial charge in [0.15, 0.2) is 5.69 Å². The SMILES string of the molecule is Cn1cc(Br)c(C(=O)Nc2cnn(COCC(F)(F)F)c2)n1. The molecule has 11 heteroatoms. The van der Waals surface area contributed by atoms with Gasteiger partial charge < -0.3 is 10.1 Å². The van der Waals surface area contributed by atoms with Crippen molar-refractivity contribution in [3.8, 4) is 0 Å². The van der Waals surface area contributed by atoms with Crippen LogP contribution in [0.15, 0.2) is 23.1 Å². The Labute approximate surface area is 131 Å². The monoisotopic (exact) mass is 381 g/mol. The van der Waals surface area contributed by atoms with E-state index in [0.29, 0.717) is 10.2 Å². The molecule has 120 valence electrons. The highest BCUT2D eigenvalue weighted by atomic mass is 79.9. The fraction of sp³-hybridized carbons (Fsp3) is 0.364. The van der Waals surface area contributed by atoms with Crippen molar-refractivity contribution in [2.45, 2.75) is 12.9 Å². The summed E-state index contributed by atoms with van der Waals surface area (Å²) in [5.74, 6) is -0.469. The van der Waals surface area contributed by atoms with E-state index < -0.39 is 18.7 Å². The van der Waals surface area contributed by atoms with E-state index in [0.717, 1.165) is 4.68 Å². The summed E-state index contributed by atoms with van der Waals surface area (Å²) in [6.07, 6.45) is -0.129. The van der Waals surface area contributed by atoms with Crippen LogP contribution in [-0.2, 0) is 18.5 Å². The predicted molar refractivity (Wildman–Crippen MR) is 73.1 cm³/mol. The maximum Gasteiger partial charge on any atom is 0.411 e. The molecular formula is C11H11BrF3N5O2. The van der Waals surface area contributed by atoms with Gasteiger partial charge in [0.25, 0.3) is 5.91 Å². The summed E-state index contributed by atoms with van der Waals surface area (Å²) in [6, 6.07) is 0. The number of hydrogen-bond acceptors (Lipinski definition) is 4. The maximum atomic E-state index is 12.0. The number of carbonyl (C=O) groups is 1. The number of aryl methyl sites for hydroxylation is 1. The van der Waals surface area contributed by atoms with E-state index in [1.165, 1.54) is 17.1 Å². The highest BCUT2D eigenvalue weighted by Crippen LogP contribution is 2.17. The van der Waals surface area contributed by atoms with Crippen molar-refractivity contribution in [2.75, 3.05) is 11.9 Å². The first kappa shape index (κ1) is 16.5. The molecule has 22 heavy (non-hydrogen) atoms. The molecule has 0 aliphatic rings. The molecule has 0 saturated heterocycles. The van der Waals surface area contributed by atoms with Crippen molar-refractivity contribution in [3.63, 3.8) is 0 Å². The number of amides is 1. The molecule has 2 aromatic rings. The largest absolute Gasteiger partial charge is 0.411 e. The van der Waals surface area contributed by atoms with Crippen LogP contribution in [0.1, 0.15) is 10.5 Å². The number of rotatable bonds is 5. The van der Waals surface area contributed by atoms with Gasteiger partial charge in [-0.15, -0.1) is 0 Å². The molecule has 0 fully saturated rings. The minimum absolute atomic E-state index is 0.184. The number of ether oxygens (including phenoxy) is 1. The number of aromatic nitrogens is 4. The number of hydrogen-bond donors (Lipinski definition) is 1. The first-order valence-electron chi connectivity index (χ1n) is 5.92. The topological polar surface area (TPSA) is 74.0 Å². The summed E-state index contributed by atoms with van der Waals surface area (Å²) in [6.45, 7) is -1.74. The van der Waals surface area contributed by atoms with Crippen molar-refractivity contribution in [1.82, 2.24) is 19.6 Å². The van der Waals surface area contributed by atoms with Gasteiger partial charge in [-0.3, -0.25) is 9.48 Å². The van der Waals surface area contributed by atoms with Gasteiger partial charge in [-0.1, -0.05) is 0 Å². The lowest BCUT2D eigenvalue weighted by molar-refractivity contribution is -0.182. The molecular weight excluding hydrogens is 371 g/mol. The van der Waals surface area contributed by atoms with Crippen LogP contribution in [0.4, 0.5) is 18.9 Å². The Morgan fingerprint density at radius 2 is 2.18 bits per heavy atom. The van der Waals surface area contributed by atoms with Gasteiger partial charge in [-0.25, -0.2) is 4.68 Å². The standard InChI is InChI=1S/C11H11BrF3N5O2/c1-19-4-8(12)9(18-19)10(21)17-7-2-16-20(3-7)6-22-5-11(13,14)15/h2-4H,5-6H2,1H3,(H,17,21). The van der Waals surface area contributed by atoms with E-state index in [2.05, 4.69) is 36.2 Å². The van der Waals surface area contributed by atoms with Crippen LogP contribution in [0.5, 0.6) is 0 Å². The summed E-state index contributed by atoms with van der Waals surface area (Å²) < 4.78 is 43.4. The second-order valence-electron chi connectivity index (χ2n) is 4.31. The van der Waals surface area contributed by atoms with E-state index in [1.807, 2.05) is 0 Å². The van der Waals surface area contributed by atoms with Gasteiger partial charge in [0.05, 0.1) is 22.6 Å². The number of nitrogens with zero attached hydrogens (tertiary/aromatic N) is 4. The Hall–Kier alpha value is -1.88. The molecule has 0 aliphatic heterocycles. The second kappa shape index (κ2) is 6.48. The zero-order valence-electron chi connectivity index (χ0n) is 11.3. The van der Waals surface area contributed by atoms with Crippen LogP contribution < -0.4 is 5.32 Å². The van der Waals surface area contributed by atoms with E-state index in [1.54, 1.807) is 13.2 Å². The van der Waals surface area contributed by atoms with Crippen LogP contribution in [0, 0.1) is 0 Å². The van der Waals surface area contributed by atoms with Crippen molar-refractivity contribution in [2.24, 2.45) is 7.05 Å². The molecule has 2 heterocycles. The highest BCUT2D eigenvalue weighted by Gasteiger charge is 2.27. The number of nitrogens with one attached hydrogen (secondary N) is 1. The Bertz CT molecular complexity index is 667. The molecule has 2 aromatic heterocycles.